The summed E-state index contributed by atoms with van der Waals surface area (Å²) in [6, 6.07) is 9.40. The molecule has 3 heteroatoms. The summed E-state index contributed by atoms with van der Waals surface area (Å²) >= 11 is 0. The molecule has 1 atom stereocenters. The number of nitrogens with two attached hydrogens (primary N) is 1. The zero-order valence-electron chi connectivity index (χ0n) is 12.3. The van der Waals surface area contributed by atoms with Crippen molar-refractivity contribution in [3.63, 3.8) is 0 Å². The molecule has 0 radical (unpaired) electrons. The van der Waals surface area contributed by atoms with Gasteiger partial charge in [-0.05, 0) is 30.9 Å². The Labute approximate surface area is 116 Å². The molecule has 0 aliphatic rings. The molecular weight excluding hydrogens is 236 g/mol. The largest absolute Gasteiger partial charge is 0.320 e. The molecule has 0 aromatic heterocycles. The molecule has 19 heavy (non-hydrogen) atoms. The van der Waals surface area contributed by atoms with E-state index in [0.29, 0.717) is 5.92 Å². The van der Waals surface area contributed by atoms with Crippen LogP contribution in [0.15, 0.2) is 30.3 Å². The lowest BCUT2D eigenvalue weighted by atomic mass is 10.0. The van der Waals surface area contributed by atoms with E-state index >= 15 is 0 Å². The van der Waals surface area contributed by atoms with Crippen LogP contribution in [0.1, 0.15) is 40.0 Å². The van der Waals surface area contributed by atoms with E-state index in [1.807, 2.05) is 35.2 Å². The summed E-state index contributed by atoms with van der Waals surface area (Å²) in [7, 11) is 0. The number of para-hydroxylation sites is 1. The fourth-order valence-corrected chi connectivity index (χ4v) is 2.10. The Hall–Kier alpha value is -1.35. The highest BCUT2D eigenvalue weighted by Crippen LogP contribution is 2.17. The Bertz CT molecular complexity index is 376. The van der Waals surface area contributed by atoms with Gasteiger partial charge in [0.15, 0.2) is 0 Å². The van der Waals surface area contributed by atoms with Crippen molar-refractivity contribution >= 4 is 11.6 Å². The van der Waals surface area contributed by atoms with Crippen molar-refractivity contribution < 1.29 is 4.79 Å². The van der Waals surface area contributed by atoms with E-state index in [4.69, 9.17) is 5.73 Å². The first-order valence-electron chi connectivity index (χ1n) is 7.18. The van der Waals surface area contributed by atoms with Crippen molar-refractivity contribution in [2.45, 2.75) is 46.1 Å². The van der Waals surface area contributed by atoms with Gasteiger partial charge in [-0.2, -0.15) is 0 Å². The second-order valence-electron chi connectivity index (χ2n) is 5.42. The van der Waals surface area contributed by atoms with E-state index in [0.717, 1.165) is 31.5 Å². The smallest absolute Gasteiger partial charge is 0.243 e. The molecule has 0 aliphatic heterocycles. The molecule has 3 nitrogen and oxygen atoms in total. The monoisotopic (exact) mass is 262 g/mol. The van der Waals surface area contributed by atoms with Crippen molar-refractivity contribution in [1.82, 2.24) is 0 Å². The molecule has 0 aliphatic carbocycles. The third kappa shape index (κ3) is 5.03. The van der Waals surface area contributed by atoms with Crippen molar-refractivity contribution in [1.29, 1.82) is 0 Å². The lowest BCUT2D eigenvalue weighted by Gasteiger charge is -2.26. The van der Waals surface area contributed by atoms with Gasteiger partial charge in [-0.25, -0.2) is 0 Å². The zero-order chi connectivity index (χ0) is 14.3. The minimum absolute atomic E-state index is 0.0355. The van der Waals surface area contributed by atoms with Crippen LogP contribution < -0.4 is 10.6 Å². The number of rotatable bonds is 7. The van der Waals surface area contributed by atoms with Crippen LogP contribution in [0.4, 0.5) is 5.69 Å². The Morgan fingerprint density at radius 1 is 1.26 bits per heavy atom. The third-order valence-electron chi connectivity index (χ3n) is 3.11. The van der Waals surface area contributed by atoms with Crippen LogP contribution in [0, 0.1) is 5.92 Å². The Kier molecular flexibility index (Phi) is 6.57. The van der Waals surface area contributed by atoms with E-state index < -0.39 is 6.04 Å². The quantitative estimate of drug-likeness (QED) is 0.820. The zero-order valence-corrected chi connectivity index (χ0v) is 12.3. The van der Waals surface area contributed by atoms with Crippen molar-refractivity contribution in [2.75, 3.05) is 11.4 Å². The third-order valence-corrected chi connectivity index (χ3v) is 3.11. The van der Waals surface area contributed by atoms with Crippen LogP contribution >= 0.6 is 0 Å². The molecule has 1 aromatic carbocycles. The van der Waals surface area contributed by atoms with Crippen LogP contribution in [-0.2, 0) is 4.79 Å². The van der Waals surface area contributed by atoms with Gasteiger partial charge in [-0.3, -0.25) is 4.79 Å². The average molecular weight is 262 g/mol. The normalized spacial score (nSPS) is 12.5. The molecule has 0 saturated carbocycles. The molecule has 0 spiro atoms. The van der Waals surface area contributed by atoms with Crippen molar-refractivity contribution in [2.24, 2.45) is 11.7 Å². The maximum atomic E-state index is 12.5. The fraction of sp³-hybridized carbons (Fsp3) is 0.562. The summed E-state index contributed by atoms with van der Waals surface area (Å²) in [5, 5.41) is 0. The Balaban J connectivity index is 2.82. The van der Waals surface area contributed by atoms with Gasteiger partial charge in [0.25, 0.3) is 0 Å². The lowest BCUT2D eigenvalue weighted by molar-refractivity contribution is -0.120. The summed E-state index contributed by atoms with van der Waals surface area (Å²) in [5.41, 5.74) is 6.98. The van der Waals surface area contributed by atoms with Crippen LogP contribution in [0.25, 0.3) is 0 Å². The summed E-state index contributed by atoms with van der Waals surface area (Å²) in [6.45, 7) is 7.05. The molecule has 1 amide bonds. The molecule has 0 saturated heterocycles. The minimum atomic E-state index is -0.405. The molecule has 2 N–H and O–H groups in total. The van der Waals surface area contributed by atoms with Crippen LogP contribution in [-0.4, -0.2) is 18.5 Å². The first kappa shape index (κ1) is 15.7. The van der Waals surface area contributed by atoms with E-state index in [-0.39, 0.29) is 5.91 Å². The van der Waals surface area contributed by atoms with Gasteiger partial charge in [-0.1, -0.05) is 45.4 Å². The number of carbonyl (C=O) groups is 1. The number of carbonyl (C=O) groups excluding carboxylic acids is 1. The Morgan fingerprint density at radius 3 is 2.42 bits per heavy atom. The van der Waals surface area contributed by atoms with Gasteiger partial charge in [0.1, 0.15) is 0 Å². The van der Waals surface area contributed by atoms with Gasteiger partial charge >= 0.3 is 0 Å². The second kappa shape index (κ2) is 7.95. The highest BCUT2D eigenvalue weighted by molar-refractivity contribution is 5.97. The molecule has 0 fully saturated rings. The lowest BCUT2D eigenvalue weighted by Crippen LogP contribution is -2.45. The molecule has 1 rings (SSSR count). The number of amides is 1. The van der Waals surface area contributed by atoms with Crippen molar-refractivity contribution in [3.8, 4) is 0 Å². The summed E-state index contributed by atoms with van der Waals surface area (Å²) in [5.74, 6) is 0.469. The number of hydrogen-bond acceptors (Lipinski definition) is 2. The molecule has 0 bridgehead atoms. The number of anilines is 1. The minimum Gasteiger partial charge on any atom is -0.320 e. The first-order chi connectivity index (χ1) is 9.06. The first-order valence-corrected chi connectivity index (χ1v) is 7.18. The van der Waals surface area contributed by atoms with Gasteiger partial charge in [-0.15, -0.1) is 0 Å². The van der Waals surface area contributed by atoms with E-state index in [9.17, 15) is 4.79 Å². The average Bonchev–Trinajstić information content (AvgIpc) is 2.39. The SMILES string of the molecule is CCCCN(C(=O)[C@@H](N)CC(C)C)c1ccccc1. The number of unbranched alkanes of at least 4 members (excludes halogenated alkanes) is 1. The number of nitrogens with zero attached hydrogens (tertiary/aromatic N) is 1. The van der Waals surface area contributed by atoms with Gasteiger partial charge < -0.3 is 10.6 Å². The highest BCUT2D eigenvalue weighted by atomic mass is 16.2. The topological polar surface area (TPSA) is 46.3 Å². The number of benzene rings is 1. The van der Waals surface area contributed by atoms with E-state index in [1.165, 1.54) is 0 Å². The fourth-order valence-electron chi connectivity index (χ4n) is 2.10. The summed E-state index contributed by atoms with van der Waals surface area (Å²) < 4.78 is 0. The van der Waals surface area contributed by atoms with Crippen LogP contribution in [0.5, 0.6) is 0 Å². The van der Waals surface area contributed by atoms with Gasteiger partial charge in [0.2, 0.25) is 5.91 Å². The number of hydrogen-bond donors (Lipinski definition) is 1. The maximum absolute atomic E-state index is 12.5. The van der Waals surface area contributed by atoms with Crippen molar-refractivity contribution in [3.05, 3.63) is 30.3 Å². The molecular formula is C16H26N2O. The predicted molar refractivity (Wildman–Crippen MR) is 81.1 cm³/mol. The highest BCUT2D eigenvalue weighted by Gasteiger charge is 2.22. The summed E-state index contributed by atoms with van der Waals surface area (Å²) in [4.78, 5) is 14.3. The van der Waals surface area contributed by atoms with Gasteiger partial charge in [0, 0.05) is 12.2 Å². The summed E-state index contributed by atoms with van der Waals surface area (Å²) in [6.07, 6.45) is 2.79. The van der Waals surface area contributed by atoms with Gasteiger partial charge in [0.05, 0.1) is 6.04 Å². The molecule has 106 valence electrons. The second-order valence-corrected chi connectivity index (χ2v) is 5.42. The standard InChI is InChI=1S/C16H26N2O/c1-4-5-11-18(14-9-7-6-8-10-14)16(19)15(17)12-13(2)3/h6-10,13,15H,4-5,11-12,17H2,1-3H3/t15-/m0/s1. The molecule has 0 unspecified atom stereocenters. The Morgan fingerprint density at radius 2 is 1.89 bits per heavy atom. The predicted octanol–water partition coefficient (Wildman–Crippen LogP) is 3.19. The maximum Gasteiger partial charge on any atom is 0.243 e. The molecule has 1 aromatic rings. The van der Waals surface area contributed by atoms with E-state index in [2.05, 4.69) is 20.8 Å². The molecule has 0 heterocycles. The van der Waals surface area contributed by atoms with Crippen LogP contribution in [0.3, 0.4) is 0 Å². The van der Waals surface area contributed by atoms with Crippen LogP contribution in [0.2, 0.25) is 0 Å². The van der Waals surface area contributed by atoms with E-state index in [1.54, 1.807) is 0 Å².